The summed E-state index contributed by atoms with van der Waals surface area (Å²) in [5, 5.41) is 9.20. The monoisotopic (exact) mass is 256 g/mol. The number of nitrogens with zero attached hydrogens (tertiary/aromatic N) is 1. The Morgan fingerprint density at radius 2 is 2.41 bits per heavy atom. The van der Waals surface area contributed by atoms with Gasteiger partial charge < -0.3 is 14.6 Å². The van der Waals surface area contributed by atoms with Crippen LogP contribution < -0.4 is 5.69 Å². The Kier molecular flexibility index (Phi) is 2.27. The van der Waals surface area contributed by atoms with Gasteiger partial charge in [-0.2, -0.15) is 0 Å². The van der Waals surface area contributed by atoms with Crippen LogP contribution in [-0.2, 0) is 9.47 Å². The van der Waals surface area contributed by atoms with Crippen LogP contribution in [0.4, 0.5) is 0 Å². The van der Waals surface area contributed by atoms with E-state index in [9.17, 15) is 9.90 Å². The number of H-pyrrole nitrogens is 1. The van der Waals surface area contributed by atoms with E-state index in [-0.39, 0.29) is 24.3 Å². The molecule has 1 aromatic rings. The van der Waals surface area contributed by atoms with E-state index in [1.54, 1.807) is 12.3 Å². The predicted molar refractivity (Wildman–Crippen MR) is 59.9 cm³/mol. The minimum absolute atomic E-state index is 0.00391. The fourth-order valence-electron chi connectivity index (χ4n) is 2.35. The number of ether oxygens (including phenoxy) is 2. The second kappa shape index (κ2) is 3.49. The van der Waals surface area contributed by atoms with Crippen LogP contribution in [0.15, 0.2) is 17.1 Å². The summed E-state index contributed by atoms with van der Waals surface area (Å²) in [6.45, 7) is 1.73. The maximum absolute atomic E-state index is 11.7. The van der Waals surface area contributed by atoms with Gasteiger partial charge >= 0.3 is 5.69 Å². The van der Waals surface area contributed by atoms with Gasteiger partial charge in [-0.25, -0.2) is 4.79 Å². The van der Waals surface area contributed by atoms with Gasteiger partial charge in [0.15, 0.2) is 0 Å². The third kappa shape index (κ3) is 1.50. The van der Waals surface area contributed by atoms with Crippen molar-refractivity contribution in [3.05, 3.63) is 27.4 Å². The Morgan fingerprint density at radius 1 is 1.65 bits per heavy atom. The summed E-state index contributed by atoms with van der Waals surface area (Å²) in [7, 11) is 0. The van der Waals surface area contributed by atoms with Gasteiger partial charge in [0.05, 0.1) is 0 Å². The first-order valence-electron chi connectivity index (χ1n) is 5.35. The SMILES string of the molecule is CC1C2OC2(CO)O[C@H]1n1ccc(=S)[nH]c1=O. The van der Waals surface area contributed by atoms with Crippen molar-refractivity contribution < 1.29 is 14.6 Å². The van der Waals surface area contributed by atoms with Gasteiger partial charge in [-0.15, -0.1) is 0 Å². The van der Waals surface area contributed by atoms with Crippen molar-refractivity contribution in [2.24, 2.45) is 5.92 Å². The highest BCUT2D eigenvalue weighted by atomic mass is 32.1. The van der Waals surface area contributed by atoms with Gasteiger partial charge in [-0.1, -0.05) is 19.1 Å². The van der Waals surface area contributed by atoms with Gasteiger partial charge in [-0.3, -0.25) is 9.55 Å². The highest BCUT2D eigenvalue weighted by molar-refractivity contribution is 7.71. The largest absolute Gasteiger partial charge is 0.391 e. The number of hydrogen-bond donors (Lipinski definition) is 2. The zero-order valence-electron chi connectivity index (χ0n) is 9.12. The van der Waals surface area contributed by atoms with E-state index in [2.05, 4.69) is 4.98 Å². The smallest absolute Gasteiger partial charge is 0.328 e. The molecule has 0 amide bonds. The molecule has 4 atom stereocenters. The first-order valence-corrected chi connectivity index (χ1v) is 5.76. The topological polar surface area (TPSA) is 79.8 Å². The first kappa shape index (κ1) is 11.1. The molecule has 92 valence electrons. The Balaban J connectivity index is 1.96. The van der Waals surface area contributed by atoms with Crippen molar-refractivity contribution >= 4 is 12.2 Å². The lowest BCUT2D eigenvalue weighted by atomic mass is 10.1. The number of aromatic nitrogens is 2. The van der Waals surface area contributed by atoms with E-state index in [1.807, 2.05) is 6.92 Å². The molecular formula is C10H12N2O4S. The maximum Gasteiger partial charge on any atom is 0.328 e. The fourth-order valence-corrected chi connectivity index (χ4v) is 2.50. The molecule has 2 aliphatic heterocycles. The molecule has 1 aromatic heterocycles. The number of rotatable bonds is 2. The zero-order chi connectivity index (χ0) is 12.2. The molecule has 2 fully saturated rings. The molecule has 0 bridgehead atoms. The van der Waals surface area contributed by atoms with Gasteiger partial charge in [0, 0.05) is 12.1 Å². The molecule has 6 nitrogen and oxygen atoms in total. The first-order chi connectivity index (χ1) is 8.07. The minimum Gasteiger partial charge on any atom is -0.391 e. The van der Waals surface area contributed by atoms with Gasteiger partial charge in [0.1, 0.15) is 23.6 Å². The number of hydrogen-bond acceptors (Lipinski definition) is 5. The molecule has 0 saturated carbocycles. The number of aliphatic hydroxyl groups is 1. The summed E-state index contributed by atoms with van der Waals surface area (Å²) >= 11 is 4.87. The molecule has 0 radical (unpaired) electrons. The molecule has 0 aromatic carbocycles. The van der Waals surface area contributed by atoms with Crippen molar-refractivity contribution in [1.82, 2.24) is 9.55 Å². The summed E-state index contributed by atoms with van der Waals surface area (Å²) in [4.78, 5) is 14.3. The molecule has 2 aliphatic rings. The maximum atomic E-state index is 11.7. The number of aliphatic hydroxyl groups excluding tert-OH is 1. The second-order valence-electron chi connectivity index (χ2n) is 4.39. The lowest BCUT2D eigenvalue weighted by Crippen LogP contribution is -2.31. The predicted octanol–water partition coefficient (Wildman–Crippen LogP) is 0.158. The second-order valence-corrected chi connectivity index (χ2v) is 4.83. The van der Waals surface area contributed by atoms with Crippen LogP contribution in [0.1, 0.15) is 13.2 Å². The molecule has 7 heteroatoms. The van der Waals surface area contributed by atoms with E-state index in [1.165, 1.54) is 4.57 Å². The highest BCUT2D eigenvalue weighted by Gasteiger charge is 2.68. The quantitative estimate of drug-likeness (QED) is 0.582. The number of epoxide rings is 1. The molecule has 0 aliphatic carbocycles. The molecule has 17 heavy (non-hydrogen) atoms. The normalized spacial score (nSPS) is 39.1. The lowest BCUT2D eigenvalue weighted by molar-refractivity contribution is -0.148. The molecule has 3 unspecified atom stereocenters. The average Bonchev–Trinajstić information content (AvgIpc) is 2.95. The molecule has 2 saturated heterocycles. The minimum atomic E-state index is -0.907. The van der Waals surface area contributed by atoms with Gasteiger partial charge in [-0.05, 0) is 6.07 Å². The van der Waals surface area contributed by atoms with Crippen molar-refractivity contribution in [2.45, 2.75) is 25.0 Å². The van der Waals surface area contributed by atoms with Crippen LogP contribution in [0.5, 0.6) is 0 Å². The van der Waals surface area contributed by atoms with Crippen LogP contribution in [-0.4, -0.2) is 33.2 Å². The van der Waals surface area contributed by atoms with Crippen LogP contribution in [0, 0.1) is 10.6 Å². The number of aromatic amines is 1. The standard InChI is InChI=1S/C10H12N2O4S/c1-5-7-10(4-13,15-7)16-8(5)12-3-2-6(17)11-9(12)14/h2-3,5,7-8,13H,4H2,1H3,(H,11,14,17)/t5?,7?,8-,10?/m1/s1. The summed E-state index contributed by atoms with van der Waals surface area (Å²) in [6, 6.07) is 1.63. The van der Waals surface area contributed by atoms with Crippen molar-refractivity contribution in [1.29, 1.82) is 0 Å². The van der Waals surface area contributed by atoms with E-state index in [4.69, 9.17) is 21.7 Å². The van der Waals surface area contributed by atoms with Crippen LogP contribution in [0.2, 0.25) is 0 Å². The van der Waals surface area contributed by atoms with Crippen molar-refractivity contribution in [2.75, 3.05) is 6.61 Å². The molecule has 3 rings (SSSR count). The van der Waals surface area contributed by atoms with E-state index in [0.717, 1.165) is 0 Å². The average molecular weight is 256 g/mol. The van der Waals surface area contributed by atoms with E-state index < -0.39 is 12.0 Å². The molecular weight excluding hydrogens is 244 g/mol. The Hall–Kier alpha value is -1.02. The zero-order valence-corrected chi connectivity index (χ0v) is 9.94. The number of fused-ring (bicyclic) bond motifs is 1. The third-order valence-corrected chi connectivity index (χ3v) is 3.53. The third-order valence-electron chi connectivity index (χ3n) is 3.30. The van der Waals surface area contributed by atoms with Crippen molar-refractivity contribution in [3.63, 3.8) is 0 Å². The molecule has 0 spiro atoms. The van der Waals surface area contributed by atoms with Crippen LogP contribution >= 0.6 is 12.2 Å². The molecule has 3 heterocycles. The Bertz CT molecular complexity index is 568. The Morgan fingerprint density at radius 3 is 3.00 bits per heavy atom. The fraction of sp³-hybridized carbons (Fsp3) is 0.600. The lowest BCUT2D eigenvalue weighted by Gasteiger charge is -2.21. The summed E-state index contributed by atoms with van der Waals surface area (Å²) in [6.07, 6.45) is 1.02. The summed E-state index contributed by atoms with van der Waals surface area (Å²) in [5.74, 6) is -0.903. The van der Waals surface area contributed by atoms with Gasteiger partial charge in [0.25, 0.3) is 0 Å². The van der Waals surface area contributed by atoms with Crippen LogP contribution in [0.3, 0.4) is 0 Å². The highest BCUT2D eigenvalue weighted by Crippen LogP contribution is 2.54. The van der Waals surface area contributed by atoms with Crippen LogP contribution in [0.25, 0.3) is 0 Å². The van der Waals surface area contributed by atoms with Crippen molar-refractivity contribution in [3.8, 4) is 0 Å². The summed E-state index contributed by atoms with van der Waals surface area (Å²) in [5.41, 5.74) is -0.316. The number of nitrogens with one attached hydrogen (secondary N) is 1. The summed E-state index contributed by atoms with van der Waals surface area (Å²) < 4.78 is 12.7. The molecule has 2 N–H and O–H groups in total. The Labute approximate surface area is 102 Å². The van der Waals surface area contributed by atoms with E-state index >= 15 is 0 Å². The van der Waals surface area contributed by atoms with Gasteiger partial charge in [0.2, 0.25) is 5.79 Å². The van der Waals surface area contributed by atoms with E-state index in [0.29, 0.717) is 4.64 Å².